The molecule has 0 spiro atoms. The fraction of sp³-hybridized carbons (Fsp3) is 0.450. The summed E-state index contributed by atoms with van der Waals surface area (Å²) in [7, 11) is 0. The van der Waals surface area contributed by atoms with Gasteiger partial charge < -0.3 is 10.4 Å². The third-order valence-electron chi connectivity index (χ3n) is 5.18. The monoisotopic (exact) mass is 531 g/mol. The lowest BCUT2D eigenvalue weighted by atomic mass is 9.95. The van der Waals surface area contributed by atoms with Gasteiger partial charge in [0.15, 0.2) is 0 Å². The SMILES string of the molecule is Cl.O=C(O)CN=C1NC(=O)SC1=CC1CCN(Cc2ccc(C(F)(F)F)cc2C(F)(F)F)CC1. The molecule has 2 heterocycles. The van der Waals surface area contributed by atoms with Crippen molar-refractivity contribution in [3.05, 3.63) is 45.9 Å². The van der Waals surface area contributed by atoms with E-state index in [1.54, 1.807) is 11.0 Å². The number of rotatable bonds is 5. The number of thioether (sulfide) groups is 1. The van der Waals surface area contributed by atoms with Gasteiger partial charge in [0.2, 0.25) is 0 Å². The maximum atomic E-state index is 13.4. The summed E-state index contributed by atoms with van der Waals surface area (Å²) in [6, 6.07) is 1.67. The molecule has 1 amide bonds. The average molecular weight is 532 g/mol. The van der Waals surface area contributed by atoms with Crippen molar-refractivity contribution in [2.45, 2.75) is 31.7 Å². The first-order chi connectivity index (χ1) is 15.3. The minimum absolute atomic E-state index is 0. The maximum absolute atomic E-state index is 13.4. The van der Waals surface area contributed by atoms with Crippen LogP contribution < -0.4 is 5.32 Å². The molecule has 2 N–H and O–H groups in total. The minimum atomic E-state index is -4.91. The van der Waals surface area contributed by atoms with Crippen LogP contribution in [0.4, 0.5) is 31.1 Å². The molecule has 2 aliphatic heterocycles. The molecule has 0 unspecified atom stereocenters. The third kappa shape index (κ3) is 7.37. The zero-order valence-electron chi connectivity index (χ0n) is 17.4. The first-order valence-corrected chi connectivity index (χ1v) is 10.6. The summed E-state index contributed by atoms with van der Waals surface area (Å²) in [6.07, 6.45) is -6.89. The van der Waals surface area contributed by atoms with Crippen molar-refractivity contribution >= 4 is 41.2 Å². The Morgan fingerprint density at radius 2 is 1.82 bits per heavy atom. The van der Waals surface area contributed by atoms with Gasteiger partial charge in [0.05, 0.1) is 16.0 Å². The van der Waals surface area contributed by atoms with Crippen LogP contribution in [-0.2, 0) is 23.7 Å². The summed E-state index contributed by atoms with van der Waals surface area (Å²) in [4.78, 5) is 28.4. The number of aliphatic imine (C=N–C) groups is 1. The molecule has 0 radical (unpaired) electrons. The van der Waals surface area contributed by atoms with Crippen LogP contribution in [0.15, 0.2) is 34.2 Å². The van der Waals surface area contributed by atoms with Crippen LogP contribution in [0.5, 0.6) is 0 Å². The van der Waals surface area contributed by atoms with Gasteiger partial charge in [0.1, 0.15) is 12.4 Å². The van der Waals surface area contributed by atoms with E-state index in [1.165, 1.54) is 0 Å². The Kier molecular flexibility index (Phi) is 9.05. The van der Waals surface area contributed by atoms with Crippen LogP contribution in [-0.4, -0.2) is 46.7 Å². The van der Waals surface area contributed by atoms with Crippen molar-refractivity contribution in [1.29, 1.82) is 0 Å². The number of piperidine rings is 1. The van der Waals surface area contributed by atoms with Crippen molar-refractivity contribution in [2.24, 2.45) is 10.9 Å². The Hall–Kier alpha value is -2.25. The number of nitrogens with one attached hydrogen (secondary N) is 1. The number of amidine groups is 1. The lowest BCUT2D eigenvalue weighted by molar-refractivity contribution is -0.143. The van der Waals surface area contributed by atoms with Crippen molar-refractivity contribution in [3.8, 4) is 0 Å². The number of carboxylic acid groups (broad SMARTS) is 1. The Morgan fingerprint density at radius 1 is 1.18 bits per heavy atom. The molecule has 2 aliphatic rings. The number of carbonyl (C=O) groups is 2. The Labute approximate surface area is 200 Å². The number of carbonyl (C=O) groups excluding carboxylic acids is 1. The predicted molar refractivity (Wildman–Crippen MR) is 116 cm³/mol. The molecule has 2 fully saturated rings. The summed E-state index contributed by atoms with van der Waals surface area (Å²) in [5.74, 6) is -0.988. The molecule has 0 saturated carbocycles. The summed E-state index contributed by atoms with van der Waals surface area (Å²) < 4.78 is 78.6. The van der Waals surface area contributed by atoms with Crippen LogP contribution in [0.3, 0.4) is 0 Å². The molecule has 2 saturated heterocycles. The van der Waals surface area contributed by atoms with Crippen molar-refractivity contribution < 1.29 is 41.0 Å². The Morgan fingerprint density at radius 3 is 2.38 bits per heavy atom. The van der Waals surface area contributed by atoms with Gasteiger partial charge in [-0.2, -0.15) is 26.3 Å². The van der Waals surface area contributed by atoms with Gasteiger partial charge in [0.25, 0.3) is 5.24 Å². The number of carboxylic acids is 1. The van der Waals surface area contributed by atoms with E-state index in [4.69, 9.17) is 5.11 Å². The van der Waals surface area contributed by atoms with Crippen molar-refractivity contribution in [3.63, 3.8) is 0 Å². The van der Waals surface area contributed by atoms with Crippen LogP contribution >= 0.6 is 24.2 Å². The van der Waals surface area contributed by atoms with Gasteiger partial charge in [-0.3, -0.25) is 19.5 Å². The first-order valence-electron chi connectivity index (χ1n) is 9.80. The summed E-state index contributed by atoms with van der Waals surface area (Å²) in [5, 5.41) is 10.8. The highest BCUT2D eigenvalue weighted by molar-refractivity contribution is 8.18. The Balaban J connectivity index is 0.00000408. The number of hydrogen-bond acceptors (Lipinski definition) is 5. The van der Waals surface area contributed by atoms with E-state index in [1.807, 2.05) is 0 Å². The van der Waals surface area contributed by atoms with Crippen LogP contribution in [0.1, 0.15) is 29.5 Å². The third-order valence-corrected chi connectivity index (χ3v) is 6.02. The number of benzene rings is 1. The molecule has 0 aromatic heterocycles. The fourth-order valence-corrected chi connectivity index (χ4v) is 4.42. The van der Waals surface area contributed by atoms with Crippen LogP contribution in [0.25, 0.3) is 0 Å². The normalized spacial score (nSPS) is 20.5. The van der Waals surface area contributed by atoms with Crippen LogP contribution in [0.2, 0.25) is 0 Å². The molecule has 0 bridgehead atoms. The first kappa shape index (κ1) is 28.0. The number of hydrogen-bond donors (Lipinski definition) is 2. The van der Waals surface area contributed by atoms with Crippen molar-refractivity contribution in [2.75, 3.05) is 19.6 Å². The van der Waals surface area contributed by atoms with E-state index >= 15 is 0 Å². The van der Waals surface area contributed by atoms with Gasteiger partial charge in [-0.05, 0) is 61.3 Å². The number of likely N-dealkylation sites (tertiary alicyclic amines) is 1. The molecule has 6 nitrogen and oxygen atoms in total. The zero-order chi connectivity index (χ0) is 24.4. The molecule has 0 aliphatic carbocycles. The largest absolute Gasteiger partial charge is 0.480 e. The summed E-state index contributed by atoms with van der Waals surface area (Å²) in [6.45, 7) is 0.165. The zero-order valence-corrected chi connectivity index (χ0v) is 19.0. The molecule has 1 aromatic rings. The quantitative estimate of drug-likeness (QED) is 0.512. The van der Waals surface area contributed by atoms with E-state index < -0.39 is 36.0 Å². The van der Waals surface area contributed by atoms with Crippen molar-refractivity contribution in [1.82, 2.24) is 10.2 Å². The topological polar surface area (TPSA) is 82.0 Å². The molecule has 34 heavy (non-hydrogen) atoms. The summed E-state index contributed by atoms with van der Waals surface area (Å²) in [5.41, 5.74) is -2.87. The second kappa shape index (κ2) is 11.0. The number of allylic oxidation sites excluding steroid dienone is 1. The van der Waals surface area contributed by atoms with Gasteiger partial charge in [0, 0.05) is 6.54 Å². The maximum Gasteiger partial charge on any atom is 0.416 e. The smallest absolute Gasteiger partial charge is 0.416 e. The Bertz CT molecular complexity index is 989. The highest BCUT2D eigenvalue weighted by Crippen LogP contribution is 2.38. The van der Waals surface area contributed by atoms with E-state index in [0.29, 0.717) is 36.9 Å². The number of aliphatic carboxylic acids is 1. The lowest BCUT2D eigenvalue weighted by Gasteiger charge is -2.31. The standard InChI is InChI=1S/C20H19F6N3O3S.ClH/c21-19(22,23)13-2-1-12(14(8-13)20(24,25)26)10-29-5-3-11(4-6-29)7-15-17(27-9-16(30)31)28-18(32)33-15;/h1-2,7-8,11H,3-6,9-10H2,(H,30,31)(H,27,28,32);1H. The molecular weight excluding hydrogens is 512 g/mol. The molecule has 3 rings (SSSR count). The van der Waals surface area contributed by atoms with Gasteiger partial charge in [-0.1, -0.05) is 12.1 Å². The molecular formula is C20H20ClF6N3O3S. The van der Waals surface area contributed by atoms with E-state index in [2.05, 4.69) is 10.3 Å². The van der Waals surface area contributed by atoms with Gasteiger partial charge in [-0.15, -0.1) is 12.4 Å². The average Bonchev–Trinajstić information content (AvgIpc) is 3.05. The molecule has 14 heteroatoms. The second-order valence-corrected chi connectivity index (χ2v) is 8.60. The fourth-order valence-electron chi connectivity index (χ4n) is 3.60. The molecule has 188 valence electrons. The predicted octanol–water partition coefficient (Wildman–Crippen LogP) is 5.18. The summed E-state index contributed by atoms with van der Waals surface area (Å²) >= 11 is 0.887. The van der Waals surface area contributed by atoms with Gasteiger partial charge >= 0.3 is 18.3 Å². The van der Waals surface area contributed by atoms with E-state index in [-0.39, 0.29) is 47.6 Å². The second-order valence-electron chi connectivity index (χ2n) is 7.59. The minimum Gasteiger partial charge on any atom is -0.480 e. The van der Waals surface area contributed by atoms with E-state index in [0.717, 1.165) is 17.8 Å². The van der Waals surface area contributed by atoms with Crippen LogP contribution in [0, 0.1) is 5.92 Å². The number of nitrogens with zero attached hydrogens (tertiary/aromatic N) is 2. The number of halogens is 7. The van der Waals surface area contributed by atoms with E-state index in [9.17, 15) is 35.9 Å². The molecule has 0 atom stereocenters. The lowest BCUT2D eigenvalue weighted by Crippen LogP contribution is -2.33. The highest BCUT2D eigenvalue weighted by Gasteiger charge is 2.38. The molecule has 1 aromatic carbocycles. The van der Waals surface area contributed by atoms with Gasteiger partial charge in [-0.25, -0.2) is 0 Å². The number of alkyl halides is 6. The highest BCUT2D eigenvalue weighted by atomic mass is 35.5. The number of amides is 1.